The zero-order valence-corrected chi connectivity index (χ0v) is 14.0. The Morgan fingerprint density at radius 3 is 2.62 bits per heavy atom. The number of para-hydroxylation sites is 1. The van der Waals surface area contributed by atoms with E-state index in [2.05, 4.69) is 20.8 Å². The first-order chi connectivity index (χ1) is 11.6. The number of hydrogen-bond donors (Lipinski definition) is 3. The number of nitrogen functional groups attached to an aromatic ring is 1. The number of anilines is 3. The van der Waals surface area contributed by atoms with E-state index in [4.69, 9.17) is 10.5 Å². The number of aromatic nitrogens is 2. The first-order valence-electron chi connectivity index (χ1n) is 7.67. The number of nitrogens with two attached hydrogens (primary N) is 1. The van der Waals surface area contributed by atoms with Gasteiger partial charge in [0.25, 0.3) is 5.91 Å². The largest absolute Gasteiger partial charge is 0.496 e. The van der Waals surface area contributed by atoms with Gasteiger partial charge < -0.3 is 15.4 Å². The quantitative estimate of drug-likeness (QED) is 0.663. The second-order valence-corrected chi connectivity index (χ2v) is 4.91. The van der Waals surface area contributed by atoms with Crippen molar-refractivity contribution in [3.8, 4) is 5.75 Å². The van der Waals surface area contributed by atoms with Crippen molar-refractivity contribution < 1.29 is 9.53 Å². The lowest BCUT2D eigenvalue weighted by molar-refractivity contribution is 0.0959. The van der Waals surface area contributed by atoms with Crippen LogP contribution in [0.25, 0.3) is 0 Å². The third-order valence-electron chi connectivity index (χ3n) is 3.57. The van der Waals surface area contributed by atoms with Crippen LogP contribution in [0.5, 0.6) is 5.75 Å². The summed E-state index contributed by atoms with van der Waals surface area (Å²) >= 11 is 0. The highest BCUT2D eigenvalue weighted by Gasteiger charge is 2.15. The maximum Gasteiger partial charge on any atom is 0.273 e. The fraction of sp³-hybridized carbons (Fsp3) is 0.312. The summed E-state index contributed by atoms with van der Waals surface area (Å²) < 4.78 is 5.18. The predicted molar refractivity (Wildman–Crippen MR) is 94.1 cm³/mol. The van der Waals surface area contributed by atoms with E-state index in [1.165, 1.54) is 13.4 Å². The Morgan fingerprint density at radius 2 is 1.96 bits per heavy atom. The summed E-state index contributed by atoms with van der Waals surface area (Å²) in [5, 5.41) is 0. The minimum absolute atomic E-state index is 0.343. The lowest BCUT2D eigenvalue weighted by Crippen LogP contribution is -2.31. The van der Waals surface area contributed by atoms with Crippen molar-refractivity contribution in [1.29, 1.82) is 0 Å². The summed E-state index contributed by atoms with van der Waals surface area (Å²) in [7, 11) is 1.51. The average molecular weight is 330 g/mol. The standard InChI is InChI=1S/C16H22N6O2/c1-4-22(5-2)15-13(17)14(18-10-19-15)20-21-16(23)11-8-6-7-9-12(11)24-3/h6-10H,4-5,17H2,1-3H3,(H,21,23)(H,18,19,20). The third-order valence-corrected chi connectivity index (χ3v) is 3.57. The summed E-state index contributed by atoms with van der Waals surface area (Å²) in [6.07, 6.45) is 1.40. The van der Waals surface area contributed by atoms with Crippen molar-refractivity contribution in [3.63, 3.8) is 0 Å². The van der Waals surface area contributed by atoms with Crippen molar-refractivity contribution in [2.24, 2.45) is 0 Å². The van der Waals surface area contributed by atoms with Crippen LogP contribution >= 0.6 is 0 Å². The van der Waals surface area contributed by atoms with Crippen LogP contribution in [-0.2, 0) is 0 Å². The van der Waals surface area contributed by atoms with Gasteiger partial charge in [0.15, 0.2) is 11.6 Å². The number of benzene rings is 1. The fourth-order valence-corrected chi connectivity index (χ4v) is 2.28. The molecule has 1 aromatic heterocycles. The number of carbonyl (C=O) groups is 1. The van der Waals surface area contributed by atoms with Gasteiger partial charge in [0.1, 0.15) is 17.8 Å². The molecule has 2 aromatic rings. The minimum atomic E-state index is -0.352. The molecule has 0 atom stereocenters. The fourth-order valence-electron chi connectivity index (χ4n) is 2.28. The van der Waals surface area contributed by atoms with Crippen LogP contribution in [0.2, 0.25) is 0 Å². The minimum Gasteiger partial charge on any atom is -0.496 e. The van der Waals surface area contributed by atoms with Crippen molar-refractivity contribution in [3.05, 3.63) is 36.2 Å². The summed E-state index contributed by atoms with van der Waals surface area (Å²) in [5.74, 6) is 1.10. The molecule has 0 aliphatic carbocycles. The molecular weight excluding hydrogens is 308 g/mol. The summed E-state index contributed by atoms with van der Waals surface area (Å²) in [6.45, 7) is 5.57. The van der Waals surface area contributed by atoms with Gasteiger partial charge in [-0.3, -0.25) is 15.6 Å². The van der Waals surface area contributed by atoms with E-state index < -0.39 is 0 Å². The lowest BCUT2D eigenvalue weighted by atomic mass is 10.2. The van der Waals surface area contributed by atoms with Gasteiger partial charge in [-0.25, -0.2) is 9.97 Å². The molecule has 128 valence electrons. The van der Waals surface area contributed by atoms with Gasteiger partial charge in [-0.15, -0.1) is 0 Å². The van der Waals surface area contributed by atoms with E-state index in [0.717, 1.165) is 13.1 Å². The average Bonchev–Trinajstić information content (AvgIpc) is 2.62. The second kappa shape index (κ2) is 8.00. The molecule has 0 spiro atoms. The molecule has 2 rings (SSSR count). The summed E-state index contributed by atoms with van der Waals surface area (Å²) in [4.78, 5) is 22.6. The topological polar surface area (TPSA) is 105 Å². The van der Waals surface area contributed by atoms with Crippen molar-refractivity contribution in [2.45, 2.75) is 13.8 Å². The normalized spacial score (nSPS) is 10.1. The number of ether oxygens (including phenoxy) is 1. The number of hydrazine groups is 1. The molecule has 0 aliphatic heterocycles. The van der Waals surface area contributed by atoms with E-state index in [0.29, 0.717) is 28.6 Å². The molecule has 24 heavy (non-hydrogen) atoms. The number of nitrogens with zero attached hydrogens (tertiary/aromatic N) is 3. The number of nitrogens with one attached hydrogen (secondary N) is 2. The third kappa shape index (κ3) is 3.65. The molecule has 0 bridgehead atoms. The van der Waals surface area contributed by atoms with Gasteiger partial charge in [-0.05, 0) is 26.0 Å². The number of rotatable bonds is 7. The highest BCUT2D eigenvalue weighted by atomic mass is 16.5. The first-order valence-corrected chi connectivity index (χ1v) is 7.67. The van der Waals surface area contributed by atoms with Crippen LogP contribution in [-0.4, -0.2) is 36.1 Å². The summed E-state index contributed by atoms with van der Waals surface area (Å²) in [5.41, 5.74) is 12.2. The van der Waals surface area contributed by atoms with Gasteiger partial charge in [0.05, 0.1) is 12.7 Å². The van der Waals surface area contributed by atoms with Crippen LogP contribution in [0.15, 0.2) is 30.6 Å². The van der Waals surface area contributed by atoms with Crippen LogP contribution < -0.4 is 26.2 Å². The van der Waals surface area contributed by atoms with Crippen molar-refractivity contribution >= 4 is 23.2 Å². The highest BCUT2D eigenvalue weighted by molar-refractivity contribution is 5.97. The number of amides is 1. The number of carbonyl (C=O) groups excluding carboxylic acids is 1. The van der Waals surface area contributed by atoms with Gasteiger partial charge >= 0.3 is 0 Å². The van der Waals surface area contributed by atoms with Gasteiger partial charge in [-0.2, -0.15) is 0 Å². The maximum absolute atomic E-state index is 12.3. The molecule has 4 N–H and O–H groups in total. The monoisotopic (exact) mass is 330 g/mol. The molecule has 8 nitrogen and oxygen atoms in total. The zero-order valence-electron chi connectivity index (χ0n) is 14.0. The zero-order chi connectivity index (χ0) is 17.5. The molecule has 0 aliphatic rings. The highest BCUT2D eigenvalue weighted by Crippen LogP contribution is 2.25. The maximum atomic E-state index is 12.3. The molecule has 0 saturated carbocycles. The smallest absolute Gasteiger partial charge is 0.273 e. The van der Waals surface area contributed by atoms with E-state index >= 15 is 0 Å². The molecule has 1 amide bonds. The summed E-state index contributed by atoms with van der Waals surface area (Å²) in [6, 6.07) is 6.93. The van der Waals surface area contributed by atoms with Gasteiger partial charge in [-0.1, -0.05) is 12.1 Å². The van der Waals surface area contributed by atoms with Crippen LogP contribution in [0, 0.1) is 0 Å². The molecule has 0 fully saturated rings. The van der Waals surface area contributed by atoms with Crippen molar-refractivity contribution in [2.75, 3.05) is 36.3 Å². The molecule has 0 radical (unpaired) electrons. The van der Waals surface area contributed by atoms with E-state index in [1.807, 2.05) is 18.7 Å². The Balaban J connectivity index is 2.15. The molecule has 0 saturated heterocycles. The second-order valence-electron chi connectivity index (χ2n) is 4.91. The lowest BCUT2D eigenvalue weighted by Gasteiger charge is -2.22. The van der Waals surface area contributed by atoms with Crippen LogP contribution in [0.3, 0.4) is 0 Å². The molecule has 1 aromatic carbocycles. The van der Waals surface area contributed by atoms with E-state index in [1.54, 1.807) is 24.3 Å². The SMILES string of the molecule is CCN(CC)c1ncnc(NNC(=O)c2ccccc2OC)c1N. The van der Waals surface area contributed by atoms with Gasteiger partial charge in [0, 0.05) is 13.1 Å². The number of hydrogen-bond acceptors (Lipinski definition) is 7. The van der Waals surface area contributed by atoms with Crippen molar-refractivity contribution in [1.82, 2.24) is 15.4 Å². The Hall–Kier alpha value is -3.03. The number of methoxy groups -OCH3 is 1. The van der Waals surface area contributed by atoms with Crippen LogP contribution in [0.1, 0.15) is 24.2 Å². The molecule has 8 heteroatoms. The predicted octanol–water partition coefficient (Wildman–Crippen LogP) is 1.67. The van der Waals surface area contributed by atoms with Gasteiger partial charge in [0.2, 0.25) is 0 Å². The van der Waals surface area contributed by atoms with E-state index in [-0.39, 0.29) is 5.91 Å². The van der Waals surface area contributed by atoms with E-state index in [9.17, 15) is 4.79 Å². The Bertz CT molecular complexity index is 703. The molecule has 0 unspecified atom stereocenters. The Morgan fingerprint density at radius 1 is 1.25 bits per heavy atom. The Kier molecular flexibility index (Phi) is 5.78. The van der Waals surface area contributed by atoms with Crippen LogP contribution in [0.4, 0.5) is 17.3 Å². The Labute approximate surface area is 141 Å². The first kappa shape index (κ1) is 17.3. The molecular formula is C16H22N6O2. The molecule has 1 heterocycles.